The van der Waals surface area contributed by atoms with E-state index in [1.807, 2.05) is 53.1 Å². The first kappa shape index (κ1) is 18.0. The maximum Gasteiger partial charge on any atom is 0.341 e. The van der Waals surface area contributed by atoms with Gasteiger partial charge >= 0.3 is 5.97 Å². The molecule has 1 N–H and O–H groups in total. The highest BCUT2D eigenvalue weighted by Crippen LogP contribution is 2.27. The zero-order chi connectivity index (χ0) is 19.5. The number of para-hydroxylation sites is 2. The molecule has 0 aliphatic heterocycles. The van der Waals surface area contributed by atoms with Crippen LogP contribution in [0.15, 0.2) is 67.0 Å². The van der Waals surface area contributed by atoms with Gasteiger partial charge in [-0.15, -0.1) is 0 Å². The monoisotopic (exact) mass is 376 g/mol. The summed E-state index contributed by atoms with van der Waals surface area (Å²) >= 11 is 0. The molecule has 0 radical (unpaired) electrons. The zero-order valence-electron chi connectivity index (χ0n) is 15.4. The number of nitrogens with zero attached hydrogens (tertiary/aromatic N) is 2. The summed E-state index contributed by atoms with van der Waals surface area (Å²) in [5.74, 6) is -0.0871. The van der Waals surface area contributed by atoms with Crippen molar-refractivity contribution >= 4 is 27.8 Å². The van der Waals surface area contributed by atoms with Crippen LogP contribution in [0.25, 0.3) is 21.8 Å². The van der Waals surface area contributed by atoms with E-state index in [9.17, 15) is 9.90 Å². The van der Waals surface area contributed by atoms with E-state index < -0.39 is 12.1 Å². The van der Waals surface area contributed by atoms with Crippen molar-refractivity contribution in [1.29, 1.82) is 0 Å². The second kappa shape index (κ2) is 7.70. The molecule has 6 nitrogen and oxygen atoms in total. The van der Waals surface area contributed by atoms with Gasteiger partial charge in [-0.05, 0) is 35.0 Å². The van der Waals surface area contributed by atoms with E-state index in [4.69, 9.17) is 9.47 Å². The number of esters is 1. The number of rotatable bonds is 6. The number of aliphatic hydroxyl groups is 1. The lowest BCUT2D eigenvalue weighted by atomic mass is 10.1. The van der Waals surface area contributed by atoms with Crippen molar-refractivity contribution in [2.45, 2.75) is 12.6 Å². The Balaban J connectivity index is 1.53. The van der Waals surface area contributed by atoms with E-state index >= 15 is 0 Å². The highest BCUT2D eigenvalue weighted by atomic mass is 16.5. The van der Waals surface area contributed by atoms with Crippen LogP contribution >= 0.6 is 0 Å². The van der Waals surface area contributed by atoms with E-state index in [1.54, 1.807) is 18.5 Å². The van der Waals surface area contributed by atoms with E-state index in [1.165, 1.54) is 7.11 Å². The van der Waals surface area contributed by atoms with Crippen LogP contribution in [-0.2, 0) is 11.3 Å². The molecule has 4 aromatic rings. The maximum atomic E-state index is 12.1. The van der Waals surface area contributed by atoms with Gasteiger partial charge in [-0.1, -0.05) is 36.4 Å². The summed E-state index contributed by atoms with van der Waals surface area (Å²) in [6.45, 7) is 0.372. The first-order valence-corrected chi connectivity index (χ1v) is 8.97. The van der Waals surface area contributed by atoms with E-state index in [0.717, 1.165) is 21.8 Å². The fourth-order valence-electron chi connectivity index (χ4n) is 3.23. The van der Waals surface area contributed by atoms with Crippen LogP contribution < -0.4 is 4.74 Å². The van der Waals surface area contributed by atoms with Crippen molar-refractivity contribution in [1.82, 2.24) is 9.55 Å². The van der Waals surface area contributed by atoms with Crippen LogP contribution in [0.2, 0.25) is 0 Å². The summed E-state index contributed by atoms with van der Waals surface area (Å²) in [4.78, 5) is 16.5. The molecule has 6 heteroatoms. The molecule has 0 amide bonds. The normalized spacial score (nSPS) is 12.2. The molecule has 28 heavy (non-hydrogen) atoms. The van der Waals surface area contributed by atoms with E-state index in [2.05, 4.69) is 4.98 Å². The average molecular weight is 376 g/mol. The molecule has 0 unspecified atom stereocenters. The van der Waals surface area contributed by atoms with Crippen molar-refractivity contribution in [2.75, 3.05) is 13.7 Å². The van der Waals surface area contributed by atoms with Crippen LogP contribution in [0.1, 0.15) is 10.4 Å². The third kappa shape index (κ3) is 3.54. The number of fused-ring (bicyclic) bond motifs is 2. The molecule has 0 aliphatic carbocycles. The topological polar surface area (TPSA) is 73.6 Å². The Morgan fingerprint density at radius 1 is 1.11 bits per heavy atom. The summed E-state index contributed by atoms with van der Waals surface area (Å²) in [7, 11) is 1.33. The summed E-state index contributed by atoms with van der Waals surface area (Å²) in [6.07, 6.45) is 0.929. The first-order chi connectivity index (χ1) is 13.7. The molecule has 0 spiro atoms. The molecule has 0 saturated heterocycles. The van der Waals surface area contributed by atoms with Crippen molar-refractivity contribution in [3.63, 3.8) is 0 Å². The average Bonchev–Trinajstić information content (AvgIpc) is 3.13. The van der Waals surface area contributed by atoms with Crippen LogP contribution in [0.4, 0.5) is 0 Å². The fraction of sp³-hybridized carbons (Fsp3) is 0.182. The van der Waals surface area contributed by atoms with Crippen LogP contribution in [0.5, 0.6) is 5.75 Å². The molecule has 1 atom stereocenters. The molecule has 0 aliphatic rings. The Kier molecular flexibility index (Phi) is 4.95. The Hall–Kier alpha value is -3.38. The molecule has 0 fully saturated rings. The standard InChI is InChI=1S/C22H20N2O4/c1-27-22(26)18-10-15-6-2-3-7-16(15)11-21(18)28-13-17(25)12-24-14-23-19-8-4-5-9-20(19)24/h2-11,14,17,25H,12-13H2,1H3/t17-/m1/s1. The summed E-state index contributed by atoms with van der Waals surface area (Å²) in [5.41, 5.74) is 2.15. The minimum atomic E-state index is -0.769. The third-order valence-corrected chi connectivity index (χ3v) is 4.62. The molecular weight excluding hydrogens is 356 g/mol. The number of hydrogen-bond donors (Lipinski definition) is 1. The van der Waals surface area contributed by atoms with Crippen molar-refractivity contribution in [3.8, 4) is 5.75 Å². The van der Waals surface area contributed by atoms with Gasteiger partial charge in [0, 0.05) is 0 Å². The number of aliphatic hydroxyl groups excluding tert-OH is 1. The molecule has 4 rings (SSSR count). The highest BCUT2D eigenvalue weighted by molar-refractivity contribution is 5.98. The van der Waals surface area contributed by atoms with Crippen molar-refractivity contribution in [2.24, 2.45) is 0 Å². The molecule has 142 valence electrons. The van der Waals surface area contributed by atoms with E-state index in [-0.39, 0.29) is 6.61 Å². The number of imidazole rings is 1. The van der Waals surface area contributed by atoms with Gasteiger partial charge in [0.05, 0.1) is 31.0 Å². The van der Waals surface area contributed by atoms with Gasteiger partial charge in [0.15, 0.2) is 0 Å². The largest absolute Gasteiger partial charge is 0.490 e. The van der Waals surface area contributed by atoms with Crippen molar-refractivity contribution < 1.29 is 19.4 Å². The van der Waals surface area contributed by atoms with Crippen LogP contribution in [0, 0.1) is 0 Å². The first-order valence-electron chi connectivity index (χ1n) is 8.97. The quantitative estimate of drug-likeness (QED) is 0.522. The van der Waals surface area contributed by atoms with E-state index in [0.29, 0.717) is 17.9 Å². The SMILES string of the molecule is COC(=O)c1cc2ccccc2cc1OC[C@H](O)Cn1cnc2ccccc21. The van der Waals surface area contributed by atoms with Gasteiger partial charge in [0.25, 0.3) is 0 Å². The molecule has 3 aromatic carbocycles. The summed E-state index contributed by atoms with van der Waals surface area (Å²) < 4.78 is 12.6. The summed E-state index contributed by atoms with van der Waals surface area (Å²) in [5, 5.41) is 12.3. The maximum absolute atomic E-state index is 12.1. The second-order valence-corrected chi connectivity index (χ2v) is 6.54. The van der Waals surface area contributed by atoms with Gasteiger partial charge < -0.3 is 19.1 Å². The lowest BCUT2D eigenvalue weighted by Gasteiger charge is -2.16. The van der Waals surface area contributed by atoms with Gasteiger partial charge in [-0.25, -0.2) is 9.78 Å². The second-order valence-electron chi connectivity index (χ2n) is 6.54. The molecule has 0 saturated carbocycles. The number of aromatic nitrogens is 2. The van der Waals surface area contributed by atoms with Crippen molar-refractivity contribution in [3.05, 3.63) is 72.6 Å². The number of hydrogen-bond acceptors (Lipinski definition) is 5. The molecule has 0 bridgehead atoms. The smallest absolute Gasteiger partial charge is 0.341 e. The van der Waals surface area contributed by atoms with Crippen LogP contribution in [-0.4, -0.2) is 40.4 Å². The minimum Gasteiger partial charge on any atom is -0.490 e. The predicted octanol–water partition coefficient (Wildman–Crippen LogP) is 3.42. The number of carbonyl (C=O) groups is 1. The highest BCUT2D eigenvalue weighted by Gasteiger charge is 2.16. The molecular formula is C22H20N2O4. The lowest BCUT2D eigenvalue weighted by molar-refractivity contribution is 0.0586. The lowest BCUT2D eigenvalue weighted by Crippen LogP contribution is -2.23. The third-order valence-electron chi connectivity index (χ3n) is 4.62. The zero-order valence-corrected chi connectivity index (χ0v) is 15.4. The molecule has 1 heterocycles. The Morgan fingerprint density at radius 2 is 1.82 bits per heavy atom. The van der Waals surface area contributed by atoms with Gasteiger partial charge in [0.2, 0.25) is 0 Å². The number of ether oxygens (including phenoxy) is 2. The summed E-state index contributed by atoms with van der Waals surface area (Å²) in [6, 6.07) is 19.0. The minimum absolute atomic E-state index is 0.0365. The Labute approximate surface area is 161 Å². The number of benzene rings is 3. The number of carbonyl (C=O) groups excluding carboxylic acids is 1. The van der Waals surface area contributed by atoms with Gasteiger partial charge in [-0.3, -0.25) is 0 Å². The predicted molar refractivity (Wildman–Crippen MR) is 107 cm³/mol. The molecule has 1 aromatic heterocycles. The van der Waals surface area contributed by atoms with Crippen LogP contribution in [0.3, 0.4) is 0 Å². The fourth-order valence-corrected chi connectivity index (χ4v) is 3.23. The number of methoxy groups -OCH3 is 1. The van der Waals surface area contributed by atoms with Gasteiger partial charge in [0.1, 0.15) is 24.0 Å². The van der Waals surface area contributed by atoms with Gasteiger partial charge in [-0.2, -0.15) is 0 Å². The Bertz CT molecular complexity index is 1140. The Morgan fingerprint density at radius 3 is 2.61 bits per heavy atom.